The molecule has 57 heavy (non-hydrogen) atoms. The van der Waals surface area contributed by atoms with Crippen molar-refractivity contribution in [3.05, 3.63) is 200 Å². The van der Waals surface area contributed by atoms with Crippen LogP contribution in [0.15, 0.2) is 205 Å². The van der Waals surface area contributed by atoms with Crippen LogP contribution in [-0.4, -0.2) is 0 Å². The zero-order valence-electron chi connectivity index (χ0n) is 30.8. The van der Waals surface area contributed by atoms with Gasteiger partial charge >= 0.3 is 0 Å². The van der Waals surface area contributed by atoms with Crippen LogP contribution < -0.4 is 4.90 Å². The standard InChI is InChI=1S/C54H33NOS/c1-2-15-35(16-3-1)51-44-23-8-6-20-40(44)41-21-7-9-24-45(41)52(51)36-17-12-18-37(32-36)55(38-29-31-43-42-22-10-11-27-49(42)57-50(43)33-38)47-25-13-26-48-53(47)46-30-28-34-14-4-5-19-39(34)54(46)56-48/h1-33H. The van der Waals surface area contributed by atoms with Crippen molar-refractivity contribution in [1.29, 1.82) is 0 Å². The Balaban J connectivity index is 1.16. The van der Waals surface area contributed by atoms with Crippen LogP contribution in [-0.2, 0) is 0 Å². The van der Waals surface area contributed by atoms with E-state index in [4.69, 9.17) is 4.42 Å². The van der Waals surface area contributed by atoms with Crippen molar-refractivity contribution in [3.8, 4) is 22.3 Å². The molecule has 0 radical (unpaired) electrons. The van der Waals surface area contributed by atoms with Crippen LogP contribution in [0.5, 0.6) is 0 Å². The first kappa shape index (κ1) is 32.1. The van der Waals surface area contributed by atoms with Crippen molar-refractivity contribution in [2.75, 3.05) is 4.90 Å². The molecule has 266 valence electrons. The molecule has 2 nitrogen and oxygen atoms in total. The molecule has 0 saturated heterocycles. The van der Waals surface area contributed by atoms with Crippen LogP contribution >= 0.6 is 11.3 Å². The second kappa shape index (κ2) is 12.7. The summed E-state index contributed by atoms with van der Waals surface area (Å²) in [5.74, 6) is 0. The third-order valence-electron chi connectivity index (χ3n) is 11.6. The van der Waals surface area contributed by atoms with Crippen LogP contribution in [0.4, 0.5) is 17.1 Å². The Bertz CT molecular complexity index is 3540. The minimum absolute atomic E-state index is 0.870. The summed E-state index contributed by atoms with van der Waals surface area (Å²) in [7, 11) is 0. The van der Waals surface area contributed by atoms with E-state index in [0.717, 1.165) is 50.0 Å². The zero-order valence-corrected chi connectivity index (χ0v) is 31.6. The van der Waals surface area contributed by atoms with E-state index >= 15 is 0 Å². The topological polar surface area (TPSA) is 16.4 Å². The van der Waals surface area contributed by atoms with Gasteiger partial charge in [-0.15, -0.1) is 11.3 Å². The largest absolute Gasteiger partial charge is 0.455 e. The third kappa shape index (κ3) is 4.96. The van der Waals surface area contributed by atoms with Crippen molar-refractivity contribution in [3.63, 3.8) is 0 Å². The van der Waals surface area contributed by atoms with Gasteiger partial charge < -0.3 is 9.32 Å². The second-order valence-corrected chi connectivity index (χ2v) is 15.9. The van der Waals surface area contributed by atoms with Gasteiger partial charge in [-0.05, 0) is 97.7 Å². The lowest BCUT2D eigenvalue weighted by molar-refractivity contribution is 0.672. The molecule has 2 aromatic heterocycles. The molecule has 12 rings (SSSR count). The maximum atomic E-state index is 6.76. The van der Waals surface area contributed by atoms with Crippen molar-refractivity contribution >= 4 is 103 Å². The molecule has 0 aliphatic carbocycles. The van der Waals surface area contributed by atoms with Gasteiger partial charge in [0.05, 0.1) is 11.1 Å². The summed E-state index contributed by atoms with van der Waals surface area (Å²) in [6, 6.07) is 72.8. The smallest absolute Gasteiger partial charge is 0.143 e. The van der Waals surface area contributed by atoms with E-state index < -0.39 is 0 Å². The van der Waals surface area contributed by atoms with Crippen LogP contribution in [0.25, 0.3) is 96.7 Å². The SMILES string of the molecule is c1ccc(-c2c(-c3cccc(N(c4ccc5c(c4)sc4ccccc45)c4cccc5oc6c7ccccc7ccc6c45)c3)c3ccccc3c3ccccc23)cc1. The molecule has 3 heteroatoms. The van der Waals surface area contributed by atoms with E-state index in [1.807, 2.05) is 11.3 Å². The second-order valence-electron chi connectivity index (χ2n) is 14.8. The number of fused-ring (bicyclic) bond motifs is 11. The van der Waals surface area contributed by atoms with Gasteiger partial charge in [0.2, 0.25) is 0 Å². The molecule has 2 heterocycles. The van der Waals surface area contributed by atoms with Gasteiger partial charge in [-0.1, -0.05) is 152 Å². The molecular formula is C54H33NOS. The number of nitrogens with zero attached hydrogens (tertiary/aromatic N) is 1. The number of benzene rings is 10. The van der Waals surface area contributed by atoms with E-state index in [2.05, 4.69) is 205 Å². The average Bonchev–Trinajstić information content (AvgIpc) is 3.85. The summed E-state index contributed by atoms with van der Waals surface area (Å²) in [5.41, 5.74) is 9.88. The highest BCUT2D eigenvalue weighted by Crippen LogP contribution is 2.49. The molecule has 0 fully saturated rings. The summed E-state index contributed by atoms with van der Waals surface area (Å²) in [6.45, 7) is 0. The van der Waals surface area contributed by atoms with E-state index in [-0.39, 0.29) is 0 Å². The average molecular weight is 744 g/mol. The first-order valence-electron chi connectivity index (χ1n) is 19.4. The number of thiophene rings is 1. The minimum atomic E-state index is 0.870. The van der Waals surface area contributed by atoms with Gasteiger partial charge in [-0.3, -0.25) is 0 Å². The number of hydrogen-bond acceptors (Lipinski definition) is 3. The molecule has 0 unspecified atom stereocenters. The maximum Gasteiger partial charge on any atom is 0.143 e. The lowest BCUT2D eigenvalue weighted by Crippen LogP contribution is -2.10. The van der Waals surface area contributed by atoms with E-state index in [0.29, 0.717) is 0 Å². The summed E-state index contributed by atoms with van der Waals surface area (Å²) < 4.78 is 9.32. The first-order chi connectivity index (χ1) is 28.3. The molecule has 12 aromatic rings. The summed E-state index contributed by atoms with van der Waals surface area (Å²) >= 11 is 1.85. The van der Waals surface area contributed by atoms with E-state index in [1.165, 1.54) is 63.8 Å². The highest BCUT2D eigenvalue weighted by atomic mass is 32.1. The molecule has 0 N–H and O–H groups in total. The monoisotopic (exact) mass is 743 g/mol. The van der Waals surface area contributed by atoms with E-state index in [9.17, 15) is 0 Å². The normalized spacial score (nSPS) is 11.9. The Kier molecular flexibility index (Phi) is 7.13. The Morgan fingerprint density at radius 3 is 1.77 bits per heavy atom. The van der Waals surface area contributed by atoms with Gasteiger partial charge in [-0.2, -0.15) is 0 Å². The fourth-order valence-electron chi connectivity index (χ4n) is 9.15. The Morgan fingerprint density at radius 2 is 0.965 bits per heavy atom. The predicted molar refractivity (Wildman–Crippen MR) is 245 cm³/mol. The summed E-state index contributed by atoms with van der Waals surface area (Å²) in [5, 5.41) is 12.1. The zero-order chi connectivity index (χ0) is 37.5. The number of hydrogen-bond donors (Lipinski definition) is 0. The number of anilines is 3. The quantitative estimate of drug-likeness (QED) is 0.163. The van der Waals surface area contributed by atoms with Gasteiger partial charge in [0, 0.05) is 42.3 Å². The number of rotatable bonds is 5. The molecule has 0 saturated carbocycles. The molecule has 0 amide bonds. The van der Waals surface area contributed by atoms with Crippen LogP contribution in [0.3, 0.4) is 0 Å². The fraction of sp³-hybridized carbons (Fsp3) is 0. The first-order valence-corrected chi connectivity index (χ1v) is 20.2. The van der Waals surface area contributed by atoms with Crippen molar-refractivity contribution in [1.82, 2.24) is 0 Å². The molecule has 10 aromatic carbocycles. The number of furan rings is 1. The third-order valence-corrected chi connectivity index (χ3v) is 12.7. The molecule has 0 bridgehead atoms. The highest BCUT2D eigenvalue weighted by molar-refractivity contribution is 7.25. The molecular weight excluding hydrogens is 711 g/mol. The lowest BCUT2D eigenvalue weighted by atomic mass is 9.85. The highest BCUT2D eigenvalue weighted by Gasteiger charge is 2.23. The van der Waals surface area contributed by atoms with Gasteiger partial charge in [0.25, 0.3) is 0 Å². The fourth-order valence-corrected chi connectivity index (χ4v) is 10.3. The molecule has 0 aliphatic heterocycles. The van der Waals surface area contributed by atoms with Crippen LogP contribution in [0.1, 0.15) is 0 Å². The van der Waals surface area contributed by atoms with Crippen molar-refractivity contribution in [2.45, 2.75) is 0 Å². The van der Waals surface area contributed by atoms with Gasteiger partial charge in [0.1, 0.15) is 11.2 Å². The Hall–Kier alpha value is -7.20. The van der Waals surface area contributed by atoms with Crippen LogP contribution in [0.2, 0.25) is 0 Å². The molecule has 0 atom stereocenters. The summed E-state index contributed by atoms with van der Waals surface area (Å²) in [4.78, 5) is 2.44. The molecule has 0 aliphatic rings. The Morgan fingerprint density at radius 1 is 0.368 bits per heavy atom. The van der Waals surface area contributed by atoms with E-state index in [1.54, 1.807) is 0 Å². The van der Waals surface area contributed by atoms with Gasteiger partial charge in [-0.25, -0.2) is 0 Å². The minimum Gasteiger partial charge on any atom is -0.455 e. The van der Waals surface area contributed by atoms with Crippen molar-refractivity contribution < 1.29 is 4.42 Å². The lowest BCUT2D eigenvalue weighted by Gasteiger charge is -2.27. The van der Waals surface area contributed by atoms with Crippen molar-refractivity contribution in [2.24, 2.45) is 0 Å². The maximum absolute atomic E-state index is 6.76. The predicted octanol–water partition coefficient (Wildman–Crippen LogP) is 16.2. The molecule has 0 spiro atoms. The van der Waals surface area contributed by atoms with Crippen LogP contribution in [0, 0.1) is 0 Å². The Labute approximate surface area is 333 Å². The van der Waals surface area contributed by atoms with Gasteiger partial charge in [0.15, 0.2) is 0 Å². The summed E-state index contributed by atoms with van der Waals surface area (Å²) in [6.07, 6.45) is 0.